The highest BCUT2D eigenvalue weighted by molar-refractivity contribution is 7.10. The topological polar surface area (TPSA) is 61.4 Å². The molecule has 1 atom stereocenters. The highest BCUT2D eigenvalue weighted by atomic mass is 32.1. The molecule has 0 aliphatic carbocycles. The molecule has 2 amide bonds. The average molecular weight is 474 g/mol. The maximum atomic E-state index is 13.2. The van der Waals surface area contributed by atoms with Gasteiger partial charge in [-0.25, -0.2) is 0 Å². The fourth-order valence-electron chi connectivity index (χ4n) is 4.06. The zero-order valence-corrected chi connectivity index (χ0v) is 20.5. The number of carbonyl (C=O) groups excluding carboxylic acids is 2. The van der Waals surface area contributed by atoms with Crippen molar-refractivity contribution in [1.82, 2.24) is 10.6 Å². The number of benzene rings is 2. The second-order valence-corrected chi connectivity index (χ2v) is 9.71. The lowest BCUT2D eigenvalue weighted by atomic mass is 10.1. The van der Waals surface area contributed by atoms with Crippen molar-refractivity contribution in [3.8, 4) is 0 Å². The summed E-state index contributed by atoms with van der Waals surface area (Å²) in [5.74, 6) is -0.627. The average Bonchev–Trinajstić information content (AvgIpc) is 3.38. The summed E-state index contributed by atoms with van der Waals surface area (Å²) in [5.41, 5.74) is 4.06. The van der Waals surface area contributed by atoms with Crippen molar-refractivity contribution < 1.29 is 9.59 Å². The van der Waals surface area contributed by atoms with Crippen LogP contribution < -0.4 is 15.5 Å². The van der Waals surface area contributed by atoms with Crippen molar-refractivity contribution >= 4 is 34.9 Å². The predicted molar refractivity (Wildman–Crippen MR) is 140 cm³/mol. The third-order valence-electron chi connectivity index (χ3n) is 6.10. The molecule has 3 aromatic rings. The number of nitrogens with zero attached hydrogens (tertiary/aromatic N) is 1. The SMILES string of the molecule is Cc1ccc(C(=O)N/C(=C\c2cccs2)C(=O)N[C@H](C)c2ccc(N3CCCCC3)cc2)cc1. The van der Waals surface area contributed by atoms with Crippen LogP contribution >= 0.6 is 11.3 Å². The van der Waals surface area contributed by atoms with Gasteiger partial charge in [-0.05, 0) is 80.5 Å². The summed E-state index contributed by atoms with van der Waals surface area (Å²) in [5, 5.41) is 7.79. The van der Waals surface area contributed by atoms with Crippen molar-refractivity contribution in [3.63, 3.8) is 0 Å². The summed E-state index contributed by atoms with van der Waals surface area (Å²) in [6.07, 6.45) is 5.50. The summed E-state index contributed by atoms with van der Waals surface area (Å²) in [7, 11) is 0. The minimum absolute atomic E-state index is 0.203. The zero-order valence-electron chi connectivity index (χ0n) is 19.7. The summed E-state index contributed by atoms with van der Waals surface area (Å²) in [4.78, 5) is 29.3. The van der Waals surface area contributed by atoms with Gasteiger partial charge in [0.25, 0.3) is 11.8 Å². The lowest BCUT2D eigenvalue weighted by Gasteiger charge is -2.29. The Morgan fingerprint density at radius 2 is 1.68 bits per heavy atom. The summed E-state index contributed by atoms with van der Waals surface area (Å²) < 4.78 is 0. The van der Waals surface area contributed by atoms with Gasteiger partial charge in [-0.15, -0.1) is 11.3 Å². The fourth-order valence-corrected chi connectivity index (χ4v) is 4.71. The van der Waals surface area contributed by atoms with Crippen LogP contribution in [0.1, 0.15) is 58.6 Å². The first-order chi connectivity index (χ1) is 16.5. The second kappa shape index (κ2) is 11.2. The van der Waals surface area contributed by atoms with Gasteiger partial charge in [-0.2, -0.15) is 0 Å². The maximum absolute atomic E-state index is 13.2. The van der Waals surface area contributed by atoms with Crippen LogP contribution in [0.5, 0.6) is 0 Å². The van der Waals surface area contributed by atoms with Gasteiger partial charge in [0.2, 0.25) is 0 Å². The quantitative estimate of drug-likeness (QED) is 0.433. The largest absolute Gasteiger partial charge is 0.372 e. The van der Waals surface area contributed by atoms with E-state index in [1.165, 1.54) is 36.3 Å². The smallest absolute Gasteiger partial charge is 0.268 e. The Morgan fingerprint density at radius 3 is 2.32 bits per heavy atom. The summed E-state index contributed by atoms with van der Waals surface area (Å²) in [6.45, 7) is 6.13. The van der Waals surface area contributed by atoms with E-state index in [0.29, 0.717) is 5.56 Å². The molecule has 1 aliphatic rings. The number of hydrogen-bond donors (Lipinski definition) is 2. The highest BCUT2D eigenvalue weighted by Crippen LogP contribution is 2.23. The van der Waals surface area contributed by atoms with E-state index < -0.39 is 0 Å². The molecular weight excluding hydrogens is 442 g/mol. The first-order valence-corrected chi connectivity index (χ1v) is 12.7. The molecule has 6 heteroatoms. The molecule has 1 aromatic heterocycles. The van der Waals surface area contributed by atoms with Gasteiger partial charge < -0.3 is 15.5 Å². The molecular formula is C28H31N3O2S. The molecule has 2 aromatic carbocycles. The number of rotatable bonds is 7. The zero-order chi connectivity index (χ0) is 23.9. The molecule has 2 heterocycles. The minimum atomic E-state index is -0.318. The molecule has 0 radical (unpaired) electrons. The third kappa shape index (κ3) is 6.14. The number of aryl methyl sites for hydroxylation is 1. The van der Waals surface area contributed by atoms with Crippen molar-refractivity contribution in [2.45, 2.75) is 39.2 Å². The fraction of sp³-hybridized carbons (Fsp3) is 0.286. The molecule has 2 N–H and O–H groups in total. The van der Waals surface area contributed by atoms with E-state index in [9.17, 15) is 9.59 Å². The van der Waals surface area contributed by atoms with Crippen LogP contribution in [-0.2, 0) is 4.79 Å². The minimum Gasteiger partial charge on any atom is -0.372 e. The Kier molecular flexibility index (Phi) is 7.80. The van der Waals surface area contributed by atoms with Crippen molar-refractivity contribution in [3.05, 3.63) is 93.3 Å². The summed E-state index contributed by atoms with van der Waals surface area (Å²) >= 11 is 1.51. The molecule has 1 saturated heterocycles. The Balaban J connectivity index is 1.46. The summed E-state index contributed by atoms with van der Waals surface area (Å²) in [6, 6.07) is 19.3. The van der Waals surface area contributed by atoms with Gasteiger partial charge >= 0.3 is 0 Å². The molecule has 0 saturated carbocycles. The molecule has 1 aliphatic heterocycles. The van der Waals surface area contributed by atoms with Gasteiger partial charge in [-0.3, -0.25) is 9.59 Å². The van der Waals surface area contributed by atoms with Crippen LogP contribution in [0.25, 0.3) is 6.08 Å². The van der Waals surface area contributed by atoms with Crippen molar-refractivity contribution in [2.24, 2.45) is 0 Å². The molecule has 1 fully saturated rings. The first-order valence-electron chi connectivity index (χ1n) is 11.8. The van der Waals surface area contributed by atoms with E-state index in [1.54, 1.807) is 18.2 Å². The van der Waals surface area contributed by atoms with Crippen molar-refractivity contribution in [1.29, 1.82) is 0 Å². The van der Waals surface area contributed by atoms with E-state index in [0.717, 1.165) is 29.1 Å². The normalized spacial score (nSPS) is 15.0. The van der Waals surface area contributed by atoms with Gasteiger partial charge in [-0.1, -0.05) is 35.9 Å². The van der Waals surface area contributed by atoms with E-state index in [-0.39, 0.29) is 23.6 Å². The lowest BCUT2D eigenvalue weighted by molar-refractivity contribution is -0.118. The molecule has 34 heavy (non-hydrogen) atoms. The molecule has 0 bridgehead atoms. The number of anilines is 1. The number of amides is 2. The number of hydrogen-bond acceptors (Lipinski definition) is 4. The number of thiophene rings is 1. The number of nitrogens with one attached hydrogen (secondary N) is 2. The van der Waals surface area contributed by atoms with E-state index in [2.05, 4.69) is 39.8 Å². The molecule has 4 rings (SSSR count). The first kappa shape index (κ1) is 23.8. The van der Waals surface area contributed by atoms with Gasteiger partial charge in [0.05, 0.1) is 6.04 Å². The van der Waals surface area contributed by atoms with Gasteiger partial charge in [0.1, 0.15) is 5.70 Å². The van der Waals surface area contributed by atoms with Crippen LogP contribution in [-0.4, -0.2) is 24.9 Å². The lowest BCUT2D eigenvalue weighted by Crippen LogP contribution is -2.36. The van der Waals surface area contributed by atoms with E-state index in [4.69, 9.17) is 0 Å². The molecule has 0 spiro atoms. The van der Waals surface area contributed by atoms with E-state index >= 15 is 0 Å². The Bertz CT molecular complexity index is 1130. The Morgan fingerprint density at radius 1 is 0.971 bits per heavy atom. The Labute approximate surface area is 205 Å². The van der Waals surface area contributed by atoms with Crippen LogP contribution in [0.4, 0.5) is 5.69 Å². The highest BCUT2D eigenvalue weighted by Gasteiger charge is 2.18. The monoisotopic (exact) mass is 473 g/mol. The van der Waals surface area contributed by atoms with E-state index in [1.807, 2.05) is 43.5 Å². The molecule has 0 unspecified atom stereocenters. The van der Waals surface area contributed by atoms with Crippen molar-refractivity contribution in [2.75, 3.05) is 18.0 Å². The standard InChI is InChI=1S/C28H31N3O2S/c1-20-8-10-23(11-9-20)27(32)30-26(19-25-7-6-18-34-25)28(33)29-21(2)22-12-14-24(15-13-22)31-16-4-3-5-17-31/h6-15,18-19,21H,3-5,16-17H2,1-2H3,(H,29,33)(H,30,32)/b26-19-/t21-/m1/s1. The maximum Gasteiger partial charge on any atom is 0.268 e. The number of carbonyl (C=O) groups is 2. The van der Waals surface area contributed by atoms with Crippen LogP contribution in [0.3, 0.4) is 0 Å². The Hall–Kier alpha value is -3.38. The van der Waals surface area contributed by atoms with Crippen LogP contribution in [0.15, 0.2) is 71.7 Å². The van der Waals surface area contributed by atoms with Gasteiger partial charge in [0, 0.05) is 29.2 Å². The van der Waals surface area contributed by atoms with Crippen LogP contribution in [0.2, 0.25) is 0 Å². The van der Waals surface area contributed by atoms with Gasteiger partial charge in [0.15, 0.2) is 0 Å². The number of piperidine rings is 1. The predicted octanol–water partition coefficient (Wildman–Crippen LogP) is 5.70. The second-order valence-electron chi connectivity index (χ2n) is 8.73. The van der Waals surface area contributed by atoms with Crippen LogP contribution in [0, 0.1) is 6.92 Å². The molecule has 176 valence electrons. The molecule has 5 nitrogen and oxygen atoms in total. The third-order valence-corrected chi connectivity index (χ3v) is 6.92.